The first kappa shape index (κ1) is 14.0. The van der Waals surface area contributed by atoms with Crippen molar-refractivity contribution in [2.45, 2.75) is 19.4 Å². The van der Waals surface area contributed by atoms with E-state index in [1.807, 2.05) is 6.92 Å². The fourth-order valence-corrected chi connectivity index (χ4v) is 2.28. The van der Waals surface area contributed by atoms with Crippen molar-refractivity contribution in [3.05, 3.63) is 69.7 Å². The van der Waals surface area contributed by atoms with E-state index in [4.69, 9.17) is 17.3 Å². The van der Waals surface area contributed by atoms with E-state index in [1.165, 1.54) is 18.2 Å². The Morgan fingerprint density at radius 1 is 1.21 bits per heavy atom. The number of rotatable bonds is 3. The first-order valence-corrected chi connectivity index (χ1v) is 6.31. The number of benzene rings is 2. The van der Waals surface area contributed by atoms with Gasteiger partial charge in [0.1, 0.15) is 11.6 Å². The fraction of sp³-hybridized carbons (Fsp3) is 0.200. The highest BCUT2D eigenvalue weighted by molar-refractivity contribution is 6.31. The number of halogens is 3. The highest BCUT2D eigenvalue weighted by Crippen LogP contribution is 2.27. The molecule has 2 N–H and O–H groups in total. The second-order valence-electron chi connectivity index (χ2n) is 4.52. The summed E-state index contributed by atoms with van der Waals surface area (Å²) < 4.78 is 26.6. The van der Waals surface area contributed by atoms with Gasteiger partial charge in [-0.05, 0) is 48.2 Å². The van der Waals surface area contributed by atoms with Gasteiger partial charge in [-0.2, -0.15) is 0 Å². The molecule has 0 aromatic heterocycles. The fourth-order valence-electron chi connectivity index (χ4n) is 2.01. The molecule has 0 aliphatic rings. The van der Waals surface area contributed by atoms with E-state index in [-0.39, 0.29) is 10.8 Å². The Hall–Kier alpha value is -1.45. The molecular weight excluding hydrogens is 268 g/mol. The molecule has 2 rings (SSSR count). The zero-order valence-electron chi connectivity index (χ0n) is 10.5. The van der Waals surface area contributed by atoms with Gasteiger partial charge in [0.25, 0.3) is 0 Å². The van der Waals surface area contributed by atoms with Crippen LogP contribution in [0.25, 0.3) is 0 Å². The van der Waals surface area contributed by atoms with Crippen LogP contribution in [0.3, 0.4) is 0 Å². The first-order chi connectivity index (χ1) is 8.99. The number of nitrogens with two attached hydrogens (primary N) is 1. The summed E-state index contributed by atoms with van der Waals surface area (Å²) in [5.41, 5.74) is 8.32. The van der Waals surface area contributed by atoms with Crippen LogP contribution in [0.4, 0.5) is 8.78 Å². The standard InChI is InChI=1S/C15H14ClF2N/c1-9-5-6-11(17)7-10(9)8-14(19)12-3-2-4-13(18)15(12)16/h2-7,14H,8,19H2,1H3. The molecule has 0 aliphatic heterocycles. The van der Waals surface area contributed by atoms with Gasteiger partial charge in [0.15, 0.2) is 0 Å². The third kappa shape index (κ3) is 3.11. The van der Waals surface area contributed by atoms with Gasteiger partial charge in [-0.1, -0.05) is 29.8 Å². The van der Waals surface area contributed by atoms with Crippen LogP contribution in [0, 0.1) is 18.6 Å². The Bertz CT molecular complexity index is 599. The molecule has 0 heterocycles. The molecule has 1 atom stereocenters. The summed E-state index contributed by atoms with van der Waals surface area (Å²) in [5.74, 6) is -0.802. The average Bonchev–Trinajstić information content (AvgIpc) is 2.37. The van der Waals surface area contributed by atoms with Gasteiger partial charge in [0.05, 0.1) is 5.02 Å². The average molecular weight is 282 g/mol. The van der Waals surface area contributed by atoms with E-state index in [0.717, 1.165) is 11.1 Å². The Morgan fingerprint density at radius 2 is 1.95 bits per heavy atom. The molecule has 0 bridgehead atoms. The van der Waals surface area contributed by atoms with Gasteiger partial charge in [-0.15, -0.1) is 0 Å². The molecule has 0 saturated heterocycles. The Labute approximate surface area is 116 Å². The summed E-state index contributed by atoms with van der Waals surface area (Å²) in [6.07, 6.45) is 0.409. The maximum absolute atomic E-state index is 13.4. The third-order valence-corrected chi connectivity index (χ3v) is 3.53. The minimum Gasteiger partial charge on any atom is -0.324 e. The van der Waals surface area contributed by atoms with Crippen LogP contribution in [0.2, 0.25) is 5.02 Å². The van der Waals surface area contributed by atoms with Gasteiger partial charge in [-0.3, -0.25) is 0 Å². The van der Waals surface area contributed by atoms with Crippen LogP contribution >= 0.6 is 11.6 Å². The zero-order chi connectivity index (χ0) is 14.0. The minimum atomic E-state index is -0.495. The van der Waals surface area contributed by atoms with Crippen molar-refractivity contribution in [3.8, 4) is 0 Å². The predicted molar refractivity (Wildman–Crippen MR) is 73.2 cm³/mol. The van der Waals surface area contributed by atoms with Crippen molar-refractivity contribution in [2.24, 2.45) is 5.73 Å². The first-order valence-electron chi connectivity index (χ1n) is 5.93. The number of aryl methyl sites for hydroxylation is 1. The van der Waals surface area contributed by atoms with E-state index in [9.17, 15) is 8.78 Å². The molecule has 1 unspecified atom stereocenters. The Morgan fingerprint density at radius 3 is 2.68 bits per heavy atom. The van der Waals surface area contributed by atoms with E-state index >= 15 is 0 Å². The lowest BCUT2D eigenvalue weighted by atomic mass is 9.96. The molecule has 2 aromatic rings. The van der Waals surface area contributed by atoms with Crippen LogP contribution in [-0.2, 0) is 6.42 Å². The maximum Gasteiger partial charge on any atom is 0.142 e. The van der Waals surface area contributed by atoms with Crippen molar-refractivity contribution in [3.63, 3.8) is 0 Å². The summed E-state index contributed by atoms with van der Waals surface area (Å²) in [6, 6.07) is 8.61. The monoisotopic (exact) mass is 281 g/mol. The smallest absolute Gasteiger partial charge is 0.142 e. The molecule has 0 radical (unpaired) electrons. The van der Waals surface area contributed by atoms with E-state index in [2.05, 4.69) is 0 Å². The normalized spacial score (nSPS) is 12.5. The molecule has 0 amide bonds. The lowest BCUT2D eigenvalue weighted by molar-refractivity contribution is 0.613. The van der Waals surface area contributed by atoms with Crippen molar-refractivity contribution < 1.29 is 8.78 Å². The third-order valence-electron chi connectivity index (χ3n) is 3.13. The van der Waals surface area contributed by atoms with Crippen molar-refractivity contribution in [1.29, 1.82) is 0 Å². The van der Waals surface area contributed by atoms with Crippen molar-refractivity contribution in [2.75, 3.05) is 0 Å². The molecule has 100 valence electrons. The summed E-state index contributed by atoms with van der Waals surface area (Å²) in [7, 11) is 0. The second kappa shape index (κ2) is 5.68. The van der Waals surface area contributed by atoms with Crippen LogP contribution in [0.5, 0.6) is 0 Å². The van der Waals surface area contributed by atoms with Gasteiger partial charge >= 0.3 is 0 Å². The minimum absolute atomic E-state index is 0.0315. The summed E-state index contributed by atoms with van der Waals surface area (Å²) in [6.45, 7) is 1.88. The molecule has 0 saturated carbocycles. The van der Waals surface area contributed by atoms with Crippen LogP contribution < -0.4 is 5.73 Å². The lowest BCUT2D eigenvalue weighted by Gasteiger charge is -2.15. The summed E-state index contributed by atoms with van der Waals surface area (Å²) in [4.78, 5) is 0. The lowest BCUT2D eigenvalue weighted by Crippen LogP contribution is -2.15. The highest BCUT2D eigenvalue weighted by Gasteiger charge is 2.15. The molecule has 0 spiro atoms. The molecule has 0 fully saturated rings. The largest absolute Gasteiger partial charge is 0.324 e. The molecule has 0 aliphatic carbocycles. The quantitative estimate of drug-likeness (QED) is 0.898. The van der Waals surface area contributed by atoms with Gasteiger partial charge in [0, 0.05) is 6.04 Å². The number of hydrogen-bond acceptors (Lipinski definition) is 1. The maximum atomic E-state index is 13.4. The molecular formula is C15H14ClF2N. The zero-order valence-corrected chi connectivity index (χ0v) is 11.2. The van der Waals surface area contributed by atoms with Gasteiger partial charge in [0.2, 0.25) is 0 Å². The van der Waals surface area contributed by atoms with Crippen LogP contribution in [0.1, 0.15) is 22.7 Å². The van der Waals surface area contributed by atoms with Crippen LogP contribution in [0.15, 0.2) is 36.4 Å². The van der Waals surface area contributed by atoms with Crippen molar-refractivity contribution in [1.82, 2.24) is 0 Å². The van der Waals surface area contributed by atoms with Gasteiger partial charge in [-0.25, -0.2) is 8.78 Å². The van der Waals surface area contributed by atoms with Gasteiger partial charge < -0.3 is 5.73 Å². The van der Waals surface area contributed by atoms with Crippen molar-refractivity contribution >= 4 is 11.6 Å². The SMILES string of the molecule is Cc1ccc(F)cc1CC(N)c1cccc(F)c1Cl. The summed E-state index contributed by atoms with van der Waals surface area (Å²) in [5, 5.41) is 0.0315. The van der Waals surface area contributed by atoms with Crippen LogP contribution in [-0.4, -0.2) is 0 Å². The predicted octanol–water partition coefficient (Wildman–Crippen LogP) is 4.17. The molecule has 4 heteroatoms. The topological polar surface area (TPSA) is 26.0 Å². The highest BCUT2D eigenvalue weighted by atomic mass is 35.5. The number of hydrogen-bond donors (Lipinski definition) is 1. The molecule has 19 heavy (non-hydrogen) atoms. The molecule has 1 nitrogen and oxygen atoms in total. The molecule has 2 aromatic carbocycles. The summed E-state index contributed by atoms with van der Waals surface area (Å²) >= 11 is 5.90. The second-order valence-corrected chi connectivity index (χ2v) is 4.90. The van der Waals surface area contributed by atoms with E-state index in [1.54, 1.807) is 18.2 Å². The van der Waals surface area contributed by atoms with E-state index in [0.29, 0.717) is 12.0 Å². The Kier molecular flexibility index (Phi) is 4.17. The van der Waals surface area contributed by atoms with E-state index < -0.39 is 11.9 Å². The Balaban J connectivity index is 2.28.